The molecule has 13 heavy (non-hydrogen) atoms. The van der Waals surface area contributed by atoms with E-state index in [4.69, 9.17) is 4.74 Å². The fraction of sp³-hybridized carbons (Fsp3) is 0.700. The van der Waals surface area contributed by atoms with Crippen LogP contribution in [0.25, 0.3) is 0 Å². The van der Waals surface area contributed by atoms with Crippen molar-refractivity contribution in [3.63, 3.8) is 0 Å². The molecule has 3 heteroatoms. The van der Waals surface area contributed by atoms with Gasteiger partial charge in [-0.2, -0.15) is 0 Å². The van der Waals surface area contributed by atoms with Gasteiger partial charge in [0.2, 0.25) is 0 Å². The summed E-state index contributed by atoms with van der Waals surface area (Å²) in [4.78, 5) is 13.2. The van der Waals surface area contributed by atoms with E-state index in [1.54, 1.807) is 0 Å². The summed E-state index contributed by atoms with van der Waals surface area (Å²) in [6, 6.07) is 0.558. The average molecular weight is 181 g/mol. The summed E-state index contributed by atoms with van der Waals surface area (Å²) in [5.41, 5.74) is 0.215. The molecule has 2 rings (SSSR count). The molecular formula is C10H15NO2. The molecule has 0 aromatic carbocycles. The minimum Gasteiger partial charge on any atom is -0.450 e. The van der Waals surface area contributed by atoms with Crippen LogP contribution in [0.5, 0.6) is 0 Å². The molecule has 0 aromatic heterocycles. The van der Waals surface area contributed by atoms with E-state index in [-0.39, 0.29) is 23.6 Å². The molecular weight excluding hydrogens is 166 g/mol. The predicted octanol–water partition coefficient (Wildman–Crippen LogP) is 1.79. The highest BCUT2D eigenvalue weighted by atomic mass is 16.6. The van der Waals surface area contributed by atoms with Gasteiger partial charge in [0.1, 0.15) is 0 Å². The third kappa shape index (κ3) is 0.872. The van der Waals surface area contributed by atoms with Crippen molar-refractivity contribution in [2.24, 2.45) is 5.41 Å². The molecule has 1 fully saturated rings. The Morgan fingerprint density at radius 2 is 2.38 bits per heavy atom. The summed E-state index contributed by atoms with van der Waals surface area (Å²) in [5.74, 6) is 0. The number of hydrogen-bond acceptors (Lipinski definition) is 2. The van der Waals surface area contributed by atoms with Crippen LogP contribution in [-0.4, -0.2) is 29.7 Å². The largest absolute Gasteiger partial charge is 0.450 e. The van der Waals surface area contributed by atoms with E-state index in [2.05, 4.69) is 26.0 Å². The number of rotatable bonds is 1. The van der Waals surface area contributed by atoms with Crippen LogP contribution >= 0.6 is 0 Å². The van der Waals surface area contributed by atoms with Crippen molar-refractivity contribution in [3.05, 3.63) is 12.2 Å². The molecule has 1 saturated heterocycles. The van der Waals surface area contributed by atoms with Gasteiger partial charge in [0.05, 0.1) is 12.6 Å². The number of carbonyl (C=O) groups excluding carboxylic acids is 1. The molecule has 0 unspecified atom stereocenters. The van der Waals surface area contributed by atoms with E-state index in [0.29, 0.717) is 6.61 Å². The highest BCUT2D eigenvalue weighted by Gasteiger charge is 2.59. The van der Waals surface area contributed by atoms with E-state index < -0.39 is 0 Å². The van der Waals surface area contributed by atoms with E-state index in [1.165, 1.54) is 0 Å². The van der Waals surface area contributed by atoms with E-state index in [1.807, 2.05) is 11.8 Å². The minimum atomic E-state index is -0.179. The molecule has 1 heterocycles. The molecule has 3 nitrogen and oxygen atoms in total. The molecule has 0 aromatic rings. The van der Waals surface area contributed by atoms with Gasteiger partial charge in [0.15, 0.2) is 0 Å². The topological polar surface area (TPSA) is 29.5 Å². The zero-order valence-corrected chi connectivity index (χ0v) is 8.28. The van der Waals surface area contributed by atoms with Gasteiger partial charge in [-0.1, -0.05) is 19.1 Å². The van der Waals surface area contributed by atoms with E-state index in [9.17, 15) is 4.79 Å². The Morgan fingerprint density at radius 1 is 1.69 bits per heavy atom. The first-order valence-electron chi connectivity index (χ1n) is 4.75. The monoisotopic (exact) mass is 181 g/mol. The number of carbonyl (C=O) groups is 1. The molecule has 0 bridgehead atoms. The van der Waals surface area contributed by atoms with Crippen molar-refractivity contribution in [2.45, 2.75) is 32.9 Å². The van der Waals surface area contributed by atoms with Crippen LogP contribution in [0.1, 0.15) is 20.8 Å². The second-order valence-electron chi connectivity index (χ2n) is 3.95. The number of nitrogens with zero attached hydrogens (tertiary/aromatic N) is 1. The van der Waals surface area contributed by atoms with E-state index >= 15 is 0 Å². The second kappa shape index (κ2) is 2.50. The van der Waals surface area contributed by atoms with Crippen LogP contribution in [0, 0.1) is 5.41 Å². The van der Waals surface area contributed by atoms with Gasteiger partial charge in [-0.15, -0.1) is 0 Å². The van der Waals surface area contributed by atoms with Crippen LogP contribution in [0.4, 0.5) is 4.79 Å². The number of hydrogen-bond donors (Lipinski definition) is 0. The number of amides is 1. The zero-order chi connectivity index (χ0) is 9.64. The lowest BCUT2D eigenvalue weighted by Crippen LogP contribution is -2.72. The molecule has 0 spiro atoms. The molecule has 0 saturated carbocycles. The summed E-state index contributed by atoms with van der Waals surface area (Å²) in [6.45, 7) is 6.53. The van der Waals surface area contributed by atoms with Gasteiger partial charge in [0, 0.05) is 11.5 Å². The Bertz CT molecular complexity index is 274. The molecule has 0 radical (unpaired) electrons. The fourth-order valence-corrected chi connectivity index (χ4v) is 2.19. The van der Waals surface area contributed by atoms with Crippen LogP contribution in [-0.2, 0) is 4.74 Å². The lowest BCUT2D eigenvalue weighted by Gasteiger charge is -2.63. The third-order valence-corrected chi connectivity index (χ3v) is 3.37. The number of fused-ring (bicyclic) bond motifs is 1. The van der Waals surface area contributed by atoms with Gasteiger partial charge in [-0.3, -0.25) is 4.90 Å². The van der Waals surface area contributed by atoms with Crippen molar-refractivity contribution in [2.75, 3.05) is 6.61 Å². The standard InChI is InChI=1S/C10H15NO2/c1-4-13-9(12)11-7(2)10(3)6-5-8(10)11/h5-8H,4H2,1-3H3/t7-,8+,10+/m1/s1. The molecule has 1 aliphatic heterocycles. The zero-order valence-electron chi connectivity index (χ0n) is 8.28. The Kier molecular flexibility index (Phi) is 1.65. The maximum absolute atomic E-state index is 11.4. The van der Waals surface area contributed by atoms with Gasteiger partial charge < -0.3 is 4.74 Å². The molecule has 1 amide bonds. The first kappa shape index (κ1) is 8.60. The third-order valence-electron chi connectivity index (χ3n) is 3.37. The highest BCUT2D eigenvalue weighted by molar-refractivity contribution is 5.72. The Hall–Kier alpha value is -0.990. The van der Waals surface area contributed by atoms with Gasteiger partial charge in [0.25, 0.3) is 0 Å². The molecule has 2 aliphatic rings. The quantitative estimate of drug-likeness (QED) is 0.577. The predicted molar refractivity (Wildman–Crippen MR) is 49.4 cm³/mol. The van der Waals surface area contributed by atoms with Gasteiger partial charge in [-0.25, -0.2) is 4.79 Å². The smallest absolute Gasteiger partial charge is 0.410 e. The maximum atomic E-state index is 11.4. The molecule has 3 atom stereocenters. The van der Waals surface area contributed by atoms with Crippen LogP contribution < -0.4 is 0 Å². The summed E-state index contributed by atoms with van der Waals surface area (Å²) >= 11 is 0. The van der Waals surface area contributed by atoms with Gasteiger partial charge >= 0.3 is 6.09 Å². The van der Waals surface area contributed by atoms with E-state index in [0.717, 1.165) is 0 Å². The second-order valence-corrected chi connectivity index (χ2v) is 3.95. The fourth-order valence-electron chi connectivity index (χ4n) is 2.19. The Labute approximate surface area is 78.4 Å². The Balaban J connectivity index is 2.05. The number of ether oxygens (including phenoxy) is 1. The summed E-state index contributed by atoms with van der Waals surface area (Å²) < 4.78 is 4.97. The van der Waals surface area contributed by atoms with Crippen LogP contribution in [0.2, 0.25) is 0 Å². The van der Waals surface area contributed by atoms with Crippen molar-refractivity contribution in [1.82, 2.24) is 4.90 Å². The van der Waals surface area contributed by atoms with Crippen molar-refractivity contribution in [3.8, 4) is 0 Å². The van der Waals surface area contributed by atoms with Crippen LogP contribution in [0.3, 0.4) is 0 Å². The SMILES string of the molecule is CCOC(=O)N1[C@H]2C=C[C@@]2(C)[C@H]1C. The molecule has 0 N–H and O–H groups in total. The van der Waals surface area contributed by atoms with Crippen molar-refractivity contribution < 1.29 is 9.53 Å². The lowest BCUT2D eigenvalue weighted by molar-refractivity contribution is -0.0700. The van der Waals surface area contributed by atoms with Gasteiger partial charge in [-0.05, 0) is 13.8 Å². The first-order chi connectivity index (χ1) is 6.11. The molecule has 1 aliphatic carbocycles. The average Bonchev–Trinajstić information content (AvgIpc) is 2.10. The highest BCUT2D eigenvalue weighted by Crippen LogP contribution is 2.52. The maximum Gasteiger partial charge on any atom is 0.410 e. The summed E-state index contributed by atoms with van der Waals surface area (Å²) in [7, 11) is 0. The number of likely N-dealkylation sites (tertiary alicyclic amines) is 1. The summed E-state index contributed by atoms with van der Waals surface area (Å²) in [6.07, 6.45) is 4.07. The normalized spacial score (nSPS) is 40.4. The lowest BCUT2D eigenvalue weighted by atomic mass is 9.60. The van der Waals surface area contributed by atoms with Crippen molar-refractivity contribution in [1.29, 1.82) is 0 Å². The first-order valence-corrected chi connectivity index (χ1v) is 4.75. The van der Waals surface area contributed by atoms with Crippen LogP contribution in [0.15, 0.2) is 12.2 Å². The minimum absolute atomic E-state index is 0.179. The van der Waals surface area contributed by atoms with Crippen molar-refractivity contribution >= 4 is 6.09 Å². The molecule has 72 valence electrons. The summed E-state index contributed by atoms with van der Waals surface area (Å²) in [5, 5.41) is 0. The Morgan fingerprint density at radius 3 is 2.77 bits per heavy atom.